The van der Waals surface area contributed by atoms with Crippen molar-refractivity contribution in [2.75, 3.05) is 12.4 Å². The maximum Gasteiger partial charge on any atom is 0.341 e. The summed E-state index contributed by atoms with van der Waals surface area (Å²) in [5, 5.41) is 0.140. The number of methoxy groups -OCH3 is 1. The summed E-state index contributed by atoms with van der Waals surface area (Å²) in [5.41, 5.74) is 0.120. The fourth-order valence-corrected chi connectivity index (χ4v) is 1.09. The number of Topliss-reactive ketones (excluding diaryl/α,β-unsaturated/α-hetero) is 1. The van der Waals surface area contributed by atoms with Crippen molar-refractivity contribution in [2.24, 2.45) is 5.92 Å². The average Bonchev–Trinajstić information content (AvgIpc) is 2.11. The number of ketones is 1. The summed E-state index contributed by atoms with van der Waals surface area (Å²) >= 11 is 3.00. The lowest BCUT2D eigenvalue weighted by molar-refractivity contribution is -0.137. The van der Waals surface area contributed by atoms with Gasteiger partial charge in [0.2, 0.25) is 0 Å². The molecule has 0 aromatic rings. The van der Waals surface area contributed by atoms with Gasteiger partial charge in [-0.05, 0) is 5.92 Å². The topological polar surface area (TPSA) is 43.4 Å². The van der Waals surface area contributed by atoms with Crippen molar-refractivity contribution in [2.45, 2.75) is 13.8 Å². The van der Waals surface area contributed by atoms with E-state index in [1.165, 1.54) is 7.11 Å². The van der Waals surface area contributed by atoms with Crippen LogP contribution in [-0.2, 0) is 14.3 Å². The second-order valence-electron chi connectivity index (χ2n) is 2.87. The summed E-state index contributed by atoms with van der Waals surface area (Å²) < 4.78 is 4.49. The molecular weight excluding hydrogens is 236 g/mol. The summed E-state index contributed by atoms with van der Waals surface area (Å²) in [5.74, 6) is -0.671. The first-order valence-corrected chi connectivity index (χ1v) is 5.04. The minimum Gasteiger partial charge on any atom is -0.465 e. The van der Waals surface area contributed by atoms with E-state index in [0.29, 0.717) is 0 Å². The van der Waals surface area contributed by atoms with Gasteiger partial charge in [0.1, 0.15) is 0 Å². The lowest BCUT2D eigenvalue weighted by Crippen LogP contribution is -2.16. The number of hydrogen-bond donors (Lipinski definition) is 0. The Labute approximate surface area is 86.3 Å². The predicted octanol–water partition coefficient (Wildman–Crippen LogP) is 1.71. The molecule has 0 spiro atoms. The third-order valence-electron chi connectivity index (χ3n) is 1.33. The van der Waals surface area contributed by atoms with E-state index < -0.39 is 5.97 Å². The number of allylic oxidation sites excluding steroid dienone is 1. The van der Waals surface area contributed by atoms with Crippen molar-refractivity contribution < 1.29 is 14.3 Å². The van der Waals surface area contributed by atoms with Crippen LogP contribution in [0.15, 0.2) is 11.6 Å². The average molecular weight is 249 g/mol. The second-order valence-corrected chi connectivity index (χ2v) is 3.43. The van der Waals surface area contributed by atoms with Crippen LogP contribution in [0.3, 0.4) is 0 Å². The van der Waals surface area contributed by atoms with Crippen LogP contribution in [0.5, 0.6) is 0 Å². The van der Waals surface area contributed by atoms with Gasteiger partial charge in [0.15, 0.2) is 5.78 Å². The van der Waals surface area contributed by atoms with Crippen molar-refractivity contribution in [3.05, 3.63) is 11.6 Å². The standard InChI is InChI=1S/C9H13BrO3/c1-6(2)4-7(8(11)5-10)9(12)13-3/h4,6H,5H2,1-3H3/b7-4-. The molecule has 0 heterocycles. The predicted molar refractivity (Wildman–Crippen MR) is 53.7 cm³/mol. The molecule has 0 saturated carbocycles. The van der Waals surface area contributed by atoms with Crippen LogP contribution in [0.2, 0.25) is 0 Å². The first kappa shape index (κ1) is 12.4. The lowest BCUT2D eigenvalue weighted by Gasteiger charge is -2.03. The summed E-state index contributed by atoms with van der Waals surface area (Å²) in [6.07, 6.45) is 1.61. The van der Waals surface area contributed by atoms with Gasteiger partial charge in [0, 0.05) is 0 Å². The molecule has 0 aromatic heterocycles. The maximum absolute atomic E-state index is 11.2. The molecule has 0 atom stereocenters. The number of esters is 1. The largest absolute Gasteiger partial charge is 0.465 e. The first-order chi connectivity index (χ1) is 6.02. The molecule has 0 unspecified atom stereocenters. The van der Waals surface area contributed by atoms with Gasteiger partial charge in [-0.25, -0.2) is 4.79 Å². The number of carbonyl (C=O) groups is 2. The molecule has 3 nitrogen and oxygen atoms in total. The SMILES string of the molecule is COC(=O)/C(=C\C(C)C)C(=O)CBr. The van der Waals surface area contributed by atoms with Crippen LogP contribution in [0, 0.1) is 5.92 Å². The van der Waals surface area contributed by atoms with Gasteiger partial charge in [0.05, 0.1) is 18.0 Å². The van der Waals surface area contributed by atoms with Crippen LogP contribution in [0.1, 0.15) is 13.8 Å². The van der Waals surface area contributed by atoms with Gasteiger partial charge in [-0.3, -0.25) is 4.79 Å². The van der Waals surface area contributed by atoms with Gasteiger partial charge in [-0.2, -0.15) is 0 Å². The Morgan fingerprint density at radius 3 is 2.31 bits per heavy atom. The Morgan fingerprint density at radius 1 is 1.46 bits per heavy atom. The molecule has 0 aliphatic heterocycles. The number of carbonyl (C=O) groups excluding carboxylic acids is 2. The minimum absolute atomic E-state index is 0.120. The van der Waals surface area contributed by atoms with E-state index in [9.17, 15) is 9.59 Å². The number of ether oxygens (including phenoxy) is 1. The van der Waals surface area contributed by atoms with Crippen LogP contribution in [-0.4, -0.2) is 24.2 Å². The van der Waals surface area contributed by atoms with Crippen molar-refractivity contribution in [3.8, 4) is 0 Å². The highest BCUT2D eigenvalue weighted by Crippen LogP contribution is 2.07. The maximum atomic E-state index is 11.2. The van der Waals surface area contributed by atoms with E-state index in [0.717, 1.165) is 0 Å². The van der Waals surface area contributed by atoms with E-state index in [4.69, 9.17) is 0 Å². The van der Waals surface area contributed by atoms with E-state index in [1.807, 2.05) is 13.8 Å². The van der Waals surface area contributed by atoms with E-state index in [-0.39, 0.29) is 22.6 Å². The molecule has 0 bridgehead atoms. The summed E-state index contributed by atoms with van der Waals surface area (Å²) in [6, 6.07) is 0. The molecular formula is C9H13BrO3. The van der Waals surface area contributed by atoms with E-state index in [2.05, 4.69) is 20.7 Å². The Bertz CT molecular complexity index is 213. The van der Waals surface area contributed by atoms with Crippen molar-refractivity contribution in [1.29, 1.82) is 0 Å². The highest BCUT2D eigenvalue weighted by molar-refractivity contribution is 9.09. The zero-order chi connectivity index (χ0) is 10.4. The van der Waals surface area contributed by atoms with Gasteiger partial charge >= 0.3 is 5.97 Å². The normalized spacial score (nSPS) is 11.6. The lowest BCUT2D eigenvalue weighted by atomic mass is 10.1. The molecule has 0 amide bonds. The molecule has 0 N–H and O–H groups in total. The van der Waals surface area contributed by atoms with Crippen LogP contribution < -0.4 is 0 Å². The van der Waals surface area contributed by atoms with Gasteiger partial charge < -0.3 is 4.74 Å². The fourth-order valence-electron chi connectivity index (χ4n) is 0.790. The number of halogens is 1. The third kappa shape index (κ3) is 4.22. The van der Waals surface area contributed by atoms with E-state index in [1.54, 1.807) is 6.08 Å². The highest BCUT2D eigenvalue weighted by Gasteiger charge is 2.17. The van der Waals surface area contributed by atoms with Crippen LogP contribution in [0.4, 0.5) is 0 Å². The molecule has 0 rings (SSSR count). The summed E-state index contributed by atoms with van der Waals surface area (Å²) in [6.45, 7) is 3.79. The van der Waals surface area contributed by atoms with Gasteiger partial charge in [-0.1, -0.05) is 35.9 Å². The zero-order valence-corrected chi connectivity index (χ0v) is 9.55. The quantitative estimate of drug-likeness (QED) is 0.250. The Kier molecular flexibility index (Phi) is 5.62. The molecule has 0 aromatic carbocycles. The molecule has 0 radical (unpaired) electrons. The third-order valence-corrected chi connectivity index (χ3v) is 1.84. The number of rotatable bonds is 4. The summed E-state index contributed by atoms with van der Waals surface area (Å²) in [4.78, 5) is 22.3. The Balaban J connectivity index is 4.75. The smallest absolute Gasteiger partial charge is 0.341 e. The molecule has 0 aliphatic carbocycles. The van der Waals surface area contributed by atoms with Gasteiger partial charge in [0.25, 0.3) is 0 Å². The highest BCUT2D eigenvalue weighted by atomic mass is 79.9. The van der Waals surface area contributed by atoms with Crippen LogP contribution in [0.25, 0.3) is 0 Å². The minimum atomic E-state index is -0.571. The van der Waals surface area contributed by atoms with Crippen LogP contribution >= 0.6 is 15.9 Å². The molecule has 74 valence electrons. The zero-order valence-electron chi connectivity index (χ0n) is 7.96. The first-order valence-electron chi connectivity index (χ1n) is 3.92. The van der Waals surface area contributed by atoms with Crippen molar-refractivity contribution in [3.63, 3.8) is 0 Å². The van der Waals surface area contributed by atoms with Crippen molar-refractivity contribution in [1.82, 2.24) is 0 Å². The monoisotopic (exact) mass is 248 g/mol. The number of hydrogen-bond acceptors (Lipinski definition) is 3. The summed E-state index contributed by atoms with van der Waals surface area (Å²) in [7, 11) is 1.26. The fraction of sp³-hybridized carbons (Fsp3) is 0.556. The van der Waals surface area contributed by atoms with Gasteiger partial charge in [-0.15, -0.1) is 0 Å². The molecule has 4 heteroatoms. The van der Waals surface area contributed by atoms with E-state index >= 15 is 0 Å². The molecule has 0 saturated heterocycles. The van der Waals surface area contributed by atoms with Crippen molar-refractivity contribution >= 4 is 27.7 Å². The number of alkyl halides is 1. The molecule has 0 aliphatic rings. The Morgan fingerprint density at radius 2 is 2.00 bits per heavy atom. The molecule has 0 fully saturated rings. The molecule has 13 heavy (non-hydrogen) atoms. The second kappa shape index (κ2) is 5.91. The Hall–Kier alpha value is -0.640.